The first-order valence-electron chi connectivity index (χ1n) is 20.4. The van der Waals surface area contributed by atoms with E-state index in [1.807, 2.05) is 11.3 Å². The fourth-order valence-electron chi connectivity index (χ4n) is 10.1. The molecule has 2 aliphatic heterocycles. The zero-order chi connectivity index (χ0) is 37.6. The molecule has 2 bridgehead atoms. The highest BCUT2D eigenvalue weighted by molar-refractivity contribution is 7.33. The Balaban J connectivity index is 1.40. The molecule has 2 fully saturated rings. The van der Waals surface area contributed by atoms with Gasteiger partial charge in [0.2, 0.25) is 0 Å². The lowest BCUT2D eigenvalue weighted by Gasteiger charge is -2.47. The highest BCUT2D eigenvalue weighted by Gasteiger charge is 2.50. The molecule has 0 amide bonds. The number of hydrogen-bond acceptors (Lipinski definition) is 3. The summed E-state index contributed by atoms with van der Waals surface area (Å²) < 4.78 is 2.87. The van der Waals surface area contributed by atoms with Crippen molar-refractivity contribution in [1.29, 1.82) is 0 Å². The summed E-state index contributed by atoms with van der Waals surface area (Å²) >= 11 is 2.04. The summed E-state index contributed by atoms with van der Waals surface area (Å²) in [5.74, 6) is 1.63. The summed E-state index contributed by atoms with van der Waals surface area (Å²) in [4.78, 5) is 5.57. The molecular weight excluding hydrogens is 659 g/mol. The zero-order valence-corrected chi connectivity index (χ0v) is 35.2. The van der Waals surface area contributed by atoms with Crippen molar-refractivity contribution in [3.8, 4) is 0 Å². The van der Waals surface area contributed by atoms with Gasteiger partial charge in [-0.1, -0.05) is 120 Å². The molecule has 0 N–H and O–H groups in total. The van der Waals surface area contributed by atoms with Gasteiger partial charge in [0, 0.05) is 43.7 Å². The van der Waals surface area contributed by atoms with E-state index in [1.54, 1.807) is 0 Å². The van der Waals surface area contributed by atoms with E-state index in [9.17, 15) is 0 Å². The molecule has 4 heteroatoms. The van der Waals surface area contributed by atoms with Crippen LogP contribution in [0.25, 0.3) is 10.1 Å². The third kappa shape index (κ3) is 5.55. The summed E-state index contributed by atoms with van der Waals surface area (Å²) in [7, 11) is 0. The fourth-order valence-corrected chi connectivity index (χ4v) is 11.4. The molecule has 3 heterocycles. The molecule has 4 aromatic carbocycles. The standard InChI is InChI=1S/C49H59BN2S/c1-46(2,3)31-15-19-35(20-16-31)51-40-27-34(49(10,11)12)28-41-43(40)50(45-44(51)36-25-32(47(4,5)6)18-22-42(36)53-45)37-26-33(48(7,8)9)17-21-38(37)52(41)39-24-29-13-14-30(39)23-29/h15-22,25-30,39H,13-14,23-24H2,1-12H3. The first-order valence-corrected chi connectivity index (χ1v) is 21.2. The molecule has 0 spiro atoms. The molecule has 3 atom stereocenters. The monoisotopic (exact) mass is 718 g/mol. The van der Waals surface area contributed by atoms with Crippen molar-refractivity contribution in [3.63, 3.8) is 0 Å². The van der Waals surface area contributed by atoms with Crippen LogP contribution < -0.4 is 25.5 Å². The van der Waals surface area contributed by atoms with Crippen LogP contribution in [0.4, 0.5) is 28.4 Å². The quantitative estimate of drug-likeness (QED) is 0.165. The van der Waals surface area contributed by atoms with Crippen molar-refractivity contribution in [2.24, 2.45) is 11.8 Å². The molecule has 2 saturated carbocycles. The lowest BCUT2D eigenvalue weighted by atomic mass is 9.35. The molecule has 53 heavy (non-hydrogen) atoms. The third-order valence-corrected chi connectivity index (χ3v) is 14.5. The normalized spacial score (nSPS) is 21.0. The summed E-state index contributed by atoms with van der Waals surface area (Å²) in [6, 6.07) is 30.2. The Bertz CT molecular complexity index is 2270. The predicted octanol–water partition coefficient (Wildman–Crippen LogP) is 12.0. The summed E-state index contributed by atoms with van der Waals surface area (Å²) in [6.45, 7) is 28.5. The van der Waals surface area contributed by atoms with Crippen LogP contribution in [0.2, 0.25) is 0 Å². The van der Waals surface area contributed by atoms with E-state index in [-0.39, 0.29) is 28.4 Å². The van der Waals surface area contributed by atoms with Gasteiger partial charge in [0.15, 0.2) is 0 Å². The SMILES string of the molecule is CC(C)(C)c1ccc(N2c3cc(C(C)(C)C)cc4c3B(c3cc(C(C)(C)C)ccc3N4C3CC4CCC3C4)c3sc4ccc(C(C)(C)C)cc4c32)cc1. The Morgan fingerprint density at radius 1 is 0.585 bits per heavy atom. The maximum Gasteiger partial charge on any atom is 0.264 e. The maximum absolute atomic E-state index is 2.88. The zero-order valence-electron chi connectivity index (χ0n) is 34.4. The Kier molecular flexibility index (Phi) is 7.65. The minimum atomic E-state index is -0.00406. The van der Waals surface area contributed by atoms with Crippen LogP contribution in [0.15, 0.2) is 72.8 Å². The second-order valence-electron chi connectivity index (χ2n) is 21.2. The molecule has 0 radical (unpaired) electrons. The molecule has 9 rings (SSSR count). The highest BCUT2D eigenvalue weighted by Crippen LogP contribution is 2.53. The smallest absolute Gasteiger partial charge is 0.264 e. The second kappa shape index (κ2) is 11.5. The Labute approximate surface area is 324 Å². The minimum Gasteiger partial charge on any atom is -0.339 e. The molecule has 0 saturated heterocycles. The Morgan fingerprint density at radius 3 is 1.79 bits per heavy atom. The van der Waals surface area contributed by atoms with E-state index >= 15 is 0 Å². The van der Waals surface area contributed by atoms with Gasteiger partial charge in [-0.3, -0.25) is 0 Å². The molecular formula is C49H59BN2S. The van der Waals surface area contributed by atoms with Crippen molar-refractivity contribution < 1.29 is 0 Å². The minimum absolute atomic E-state index is 0.00406. The van der Waals surface area contributed by atoms with Gasteiger partial charge >= 0.3 is 0 Å². The van der Waals surface area contributed by atoms with Gasteiger partial charge in [0.1, 0.15) is 0 Å². The van der Waals surface area contributed by atoms with Gasteiger partial charge in [-0.2, -0.15) is 0 Å². The van der Waals surface area contributed by atoms with Crippen LogP contribution in [0.3, 0.4) is 0 Å². The van der Waals surface area contributed by atoms with Gasteiger partial charge in [0.05, 0.1) is 5.69 Å². The lowest BCUT2D eigenvalue weighted by Crippen LogP contribution is -2.62. The lowest BCUT2D eigenvalue weighted by molar-refractivity contribution is 0.413. The van der Waals surface area contributed by atoms with Crippen molar-refractivity contribution in [2.45, 2.75) is 136 Å². The van der Waals surface area contributed by atoms with Gasteiger partial charge in [-0.25, -0.2) is 0 Å². The number of thiophene rings is 1. The van der Waals surface area contributed by atoms with Crippen LogP contribution >= 0.6 is 11.3 Å². The molecule has 2 aliphatic carbocycles. The van der Waals surface area contributed by atoms with Gasteiger partial charge in [0.25, 0.3) is 6.71 Å². The van der Waals surface area contributed by atoms with Crippen molar-refractivity contribution in [3.05, 3.63) is 95.1 Å². The van der Waals surface area contributed by atoms with Crippen molar-refractivity contribution in [1.82, 2.24) is 0 Å². The highest BCUT2D eigenvalue weighted by atomic mass is 32.1. The Hall–Kier alpha value is -3.50. The van der Waals surface area contributed by atoms with E-state index in [1.165, 1.54) is 102 Å². The van der Waals surface area contributed by atoms with Crippen LogP contribution in [0.1, 0.15) is 131 Å². The molecule has 274 valence electrons. The van der Waals surface area contributed by atoms with E-state index in [0.717, 1.165) is 11.8 Å². The number of benzene rings is 4. The molecule has 3 unspecified atom stereocenters. The van der Waals surface area contributed by atoms with Crippen LogP contribution in [0.5, 0.6) is 0 Å². The van der Waals surface area contributed by atoms with Gasteiger partial charge in [-0.15, -0.1) is 11.3 Å². The van der Waals surface area contributed by atoms with Crippen LogP contribution in [-0.4, -0.2) is 12.8 Å². The molecule has 5 aromatic rings. The number of rotatable bonds is 2. The average Bonchev–Trinajstić information content (AvgIpc) is 3.81. The Morgan fingerprint density at radius 2 is 1.19 bits per heavy atom. The number of fused-ring (bicyclic) bond motifs is 8. The van der Waals surface area contributed by atoms with Gasteiger partial charge in [-0.05, 0) is 128 Å². The summed E-state index contributed by atoms with van der Waals surface area (Å²) in [5, 5.41) is 1.38. The largest absolute Gasteiger partial charge is 0.339 e. The van der Waals surface area contributed by atoms with Crippen LogP contribution in [-0.2, 0) is 21.7 Å². The van der Waals surface area contributed by atoms with E-state index in [2.05, 4.69) is 166 Å². The second-order valence-corrected chi connectivity index (χ2v) is 22.2. The first kappa shape index (κ1) is 35.2. The number of hydrogen-bond donors (Lipinski definition) is 0. The van der Waals surface area contributed by atoms with Crippen molar-refractivity contribution >= 4 is 72.3 Å². The fraction of sp³-hybridized carbons (Fsp3) is 0.469. The topological polar surface area (TPSA) is 6.48 Å². The third-order valence-electron chi connectivity index (χ3n) is 13.3. The average molecular weight is 719 g/mol. The van der Waals surface area contributed by atoms with E-state index < -0.39 is 0 Å². The maximum atomic E-state index is 2.88. The van der Waals surface area contributed by atoms with Crippen LogP contribution in [0, 0.1) is 11.8 Å². The number of nitrogens with zero attached hydrogens (tertiary/aromatic N) is 2. The van der Waals surface area contributed by atoms with Gasteiger partial charge < -0.3 is 9.80 Å². The summed E-state index contributed by atoms with van der Waals surface area (Å²) in [5.41, 5.74) is 15.8. The first-order chi connectivity index (χ1) is 24.8. The van der Waals surface area contributed by atoms with E-state index in [4.69, 9.17) is 0 Å². The number of anilines is 5. The molecule has 1 aromatic heterocycles. The summed E-state index contributed by atoms with van der Waals surface area (Å²) in [6.07, 6.45) is 5.48. The predicted molar refractivity (Wildman–Crippen MR) is 234 cm³/mol. The van der Waals surface area contributed by atoms with E-state index in [0.29, 0.717) is 6.04 Å². The molecule has 2 nitrogen and oxygen atoms in total. The molecule has 4 aliphatic rings. The van der Waals surface area contributed by atoms with Crippen molar-refractivity contribution in [2.75, 3.05) is 9.80 Å².